The van der Waals surface area contributed by atoms with E-state index in [0.29, 0.717) is 11.4 Å². The topological polar surface area (TPSA) is 38.0 Å². The second-order valence-electron chi connectivity index (χ2n) is 2.58. The second kappa shape index (κ2) is 4.59. The smallest absolute Gasteiger partial charge is 0.139 e. The highest BCUT2D eigenvalue weighted by molar-refractivity contribution is 5.31. The van der Waals surface area contributed by atoms with Gasteiger partial charge in [0.05, 0.1) is 5.70 Å². The normalized spacial score (nSPS) is 13.8. The van der Waals surface area contributed by atoms with Crippen molar-refractivity contribution in [3.8, 4) is 0 Å². The van der Waals surface area contributed by atoms with Gasteiger partial charge in [0.25, 0.3) is 0 Å². The van der Waals surface area contributed by atoms with Crippen LogP contribution >= 0.6 is 0 Å². The quantitative estimate of drug-likeness (QED) is 0.634. The first kappa shape index (κ1) is 10.8. The molecule has 0 unspecified atom stereocenters. The minimum Gasteiger partial charge on any atom is -0.402 e. The van der Waals surface area contributed by atoms with E-state index in [9.17, 15) is 4.39 Å². The zero-order chi connectivity index (χ0) is 9.72. The van der Waals surface area contributed by atoms with Gasteiger partial charge in [-0.15, -0.1) is 0 Å². The minimum absolute atomic E-state index is 0.359. The summed E-state index contributed by atoms with van der Waals surface area (Å²) >= 11 is 0. The maximum atomic E-state index is 12.6. The van der Waals surface area contributed by atoms with Gasteiger partial charge in [-0.05, 0) is 25.5 Å². The highest BCUT2D eigenvalue weighted by Gasteiger charge is 1.98. The molecule has 0 heterocycles. The van der Waals surface area contributed by atoms with Crippen LogP contribution in [0.5, 0.6) is 0 Å². The summed E-state index contributed by atoms with van der Waals surface area (Å²) in [6, 6.07) is 0. The van der Waals surface area contributed by atoms with Crippen molar-refractivity contribution in [3.63, 3.8) is 0 Å². The molecule has 0 aromatic rings. The van der Waals surface area contributed by atoms with E-state index in [2.05, 4.69) is 11.9 Å². The molecular weight excluding hydrogens is 155 g/mol. The van der Waals surface area contributed by atoms with Crippen molar-refractivity contribution >= 4 is 0 Å². The Morgan fingerprint density at radius 1 is 1.50 bits per heavy atom. The van der Waals surface area contributed by atoms with E-state index < -0.39 is 5.83 Å². The van der Waals surface area contributed by atoms with Gasteiger partial charge in [-0.1, -0.05) is 6.58 Å². The lowest BCUT2D eigenvalue weighted by molar-refractivity contribution is 0.637. The lowest BCUT2D eigenvalue weighted by Crippen LogP contribution is -2.06. The molecule has 0 bridgehead atoms. The monoisotopic (exact) mass is 170 g/mol. The van der Waals surface area contributed by atoms with E-state index in [1.54, 1.807) is 20.0 Å². The summed E-state index contributed by atoms with van der Waals surface area (Å²) < 4.78 is 12.6. The van der Waals surface area contributed by atoms with Gasteiger partial charge in [-0.25, -0.2) is 4.39 Å². The average Bonchev–Trinajstić information content (AvgIpc) is 1.98. The number of hydrogen-bond donors (Lipinski definition) is 2. The molecule has 3 heteroatoms. The zero-order valence-electron chi connectivity index (χ0n) is 7.74. The first-order valence-electron chi connectivity index (χ1n) is 3.66. The van der Waals surface area contributed by atoms with E-state index in [1.807, 2.05) is 6.92 Å². The lowest BCUT2D eigenvalue weighted by Gasteiger charge is -2.03. The van der Waals surface area contributed by atoms with Crippen LogP contribution < -0.4 is 11.1 Å². The Morgan fingerprint density at radius 2 is 2.00 bits per heavy atom. The van der Waals surface area contributed by atoms with Crippen LogP contribution in [0.25, 0.3) is 0 Å². The van der Waals surface area contributed by atoms with Crippen molar-refractivity contribution in [2.75, 3.05) is 7.05 Å². The summed E-state index contributed by atoms with van der Waals surface area (Å²) in [5, 5.41) is 2.68. The van der Waals surface area contributed by atoms with Crippen LogP contribution in [0.15, 0.2) is 35.4 Å². The largest absolute Gasteiger partial charge is 0.402 e. The molecule has 0 fully saturated rings. The van der Waals surface area contributed by atoms with Crippen molar-refractivity contribution in [2.45, 2.75) is 13.8 Å². The van der Waals surface area contributed by atoms with Crippen molar-refractivity contribution in [1.82, 2.24) is 5.32 Å². The minimum atomic E-state index is -0.488. The van der Waals surface area contributed by atoms with Crippen LogP contribution in [-0.2, 0) is 0 Å². The predicted octanol–water partition coefficient (Wildman–Crippen LogP) is 1.83. The van der Waals surface area contributed by atoms with Crippen molar-refractivity contribution in [3.05, 3.63) is 35.4 Å². The van der Waals surface area contributed by atoms with Gasteiger partial charge in [0, 0.05) is 12.7 Å². The highest BCUT2D eigenvalue weighted by Crippen LogP contribution is 2.09. The molecule has 0 amide bonds. The molecule has 0 spiro atoms. The van der Waals surface area contributed by atoms with Crippen molar-refractivity contribution < 1.29 is 4.39 Å². The summed E-state index contributed by atoms with van der Waals surface area (Å²) in [6.45, 7) is 6.76. The van der Waals surface area contributed by atoms with Gasteiger partial charge in [-0.3, -0.25) is 0 Å². The number of halogens is 1. The summed E-state index contributed by atoms with van der Waals surface area (Å²) in [5.41, 5.74) is 7.35. The van der Waals surface area contributed by atoms with Crippen LogP contribution in [-0.4, -0.2) is 7.05 Å². The third kappa shape index (κ3) is 3.23. The first-order valence-corrected chi connectivity index (χ1v) is 3.66. The Bertz CT molecular complexity index is 235. The highest BCUT2D eigenvalue weighted by atomic mass is 19.1. The molecule has 0 aromatic heterocycles. The maximum absolute atomic E-state index is 12.6. The summed E-state index contributed by atoms with van der Waals surface area (Å²) in [7, 11) is 1.63. The lowest BCUT2D eigenvalue weighted by atomic mass is 10.2. The Labute approximate surface area is 72.6 Å². The maximum Gasteiger partial charge on any atom is 0.139 e. The SMILES string of the molecule is C=C(F)/C(=C\C(C)=C(\C)N)NC. The first-order chi connectivity index (χ1) is 5.49. The number of hydrogen-bond acceptors (Lipinski definition) is 2. The Balaban J connectivity index is 4.73. The molecule has 0 aliphatic heterocycles. The van der Waals surface area contributed by atoms with Gasteiger partial charge in [0.15, 0.2) is 0 Å². The Morgan fingerprint density at radius 3 is 2.25 bits per heavy atom. The van der Waals surface area contributed by atoms with E-state index in [-0.39, 0.29) is 0 Å². The number of rotatable bonds is 3. The molecule has 0 aromatic carbocycles. The summed E-state index contributed by atoms with van der Waals surface area (Å²) in [5.74, 6) is -0.488. The fourth-order valence-electron chi connectivity index (χ4n) is 0.616. The number of nitrogens with two attached hydrogens (primary N) is 1. The molecule has 0 saturated carbocycles. The summed E-state index contributed by atoms with van der Waals surface area (Å²) in [4.78, 5) is 0. The molecule has 0 aliphatic carbocycles. The fourth-order valence-corrected chi connectivity index (χ4v) is 0.616. The third-order valence-corrected chi connectivity index (χ3v) is 1.54. The average molecular weight is 170 g/mol. The van der Waals surface area contributed by atoms with E-state index >= 15 is 0 Å². The van der Waals surface area contributed by atoms with Crippen LogP contribution in [0.2, 0.25) is 0 Å². The van der Waals surface area contributed by atoms with Gasteiger partial charge < -0.3 is 11.1 Å². The molecular formula is C9H15FN2. The zero-order valence-corrected chi connectivity index (χ0v) is 7.74. The number of allylic oxidation sites excluding steroid dienone is 4. The van der Waals surface area contributed by atoms with Crippen molar-refractivity contribution in [1.29, 1.82) is 0 Å². The van der Waals surface area contributed by atoms with E-state index in [0.717, 1.165) is 5.57 Å². The van der Waals surface area contributed by atoms with E-state index in [1.165, 1.54) is 0 Å². The molecule has 0 saturated heterocycles. The molecule has 3 N–H and O–H groups in total. The Hall–Kier alpha value is -1.25. The van der Waals surface area contributed by atoms with Gasteiger partial charge in [0.1, 0.15) is 5.83 Å². The molecule has 0 rings (SSSR count). The number of nitrogens with one attached hydrogen (secondary N) is 1. The second-order valence-corrected chi connectivity index (χ2v) is 2.58. The summed E-state index contributed by atoms with van der Waals surface area (Å²) in [6.07, 6.45) is 1.62. The molecule has 0 atom stereocenters. The molecule has 68 valence electrons. The standard InChI is InChI=1S/C9H15FN2/c1-6(8(3)11)5-9(12-4)7(2)10/h5,12H,2,11H2,1,3-4H3/b8-6-,9-5+. The predicted molar refractivity (Wildman–Crippen MR) is 50.0 cm³/mol. The third-order valence-electron chi connectivity index (χ3n) is 1.54. The van der Waals surface area contributed by atoms with Gasteiger partial charge >= 0.3 is 0 Å². The van der Waals surface area contributed by atoms with Crippen LogP contribution in [0.3, 0.4) is 0 Å². The van der Waals surface area contributed by atoms with Crippen LogP contribution in [0.1, 0.15) is 13.8 Å². The fraction of sp³-hybridized carbons (Fsp3) is 0.333. The molecule has 0 radical (unpaired) electrons. The number of likely N-dealkylation sites (N-methyl/N-ethyl adjacent to an activating group) is 1. The van der Waals surface area contributed by atoms with E-state index in [4.69, 9.17) is 5.73 Å². The molecule has 0 aliphatic rings. The van der Waals surface area contributed by atoms with Gasteiger partial charge in [0.2, 0.25) is 0 Å². The Kier molecular flexibility index (Phi) is 4.11. The van der Waals surface area contributed by atoms with Crippen molar-refractivity contribution in [2.24, 2.45) is 5.73 Å². The molecule has 2 nitrogen and oxygen atoms in total. The van der Waals surface area contributed by atoms with Gasteiger partial charge in [-0.2, -0.15) is 0 Å². The molecule has 12 heavy (non-hydrogen) atoms. The van der Waals surface area contributed by atoms with Crippen LogP contribution in [0.4, 0.5) is 4.39 Å². The van der Waals surface area contributed by atoms with Crippen LogP contribution in [0, 0.1) is 0 Å².